The number of benzene rings is 2. The first-order valence-electron chi connectivity index (χ1n) is 12.1. The van der Waals surface area contributed by atoms with Crippen molar-refractivity contribution in [1.82, 2.24) is 0 Å². The van der Waals surface area contributed by atoms with Crippen LogP contribution in [0.2, 0.25) is 0 Å². The lowest BCUT2D eigenvalue weighted by Crippen LogP contribution is -2.60. The van der Waals surface area contributed by atoms with Crippen molar-refractivity contribution in [2.75, 3.05) is 6.61 Å². The molecule has 5 rings (SSSR count). The molecule has 0 amide bonds. The summed E-state index contributed by atoms with van der Waals surface area (Å²) in [6.07, 6.45) is -13.6. The fourth-order valence-electron chi connectivity index (χ4n) is 4.84. The van der Waals surface area contributed by atoms with Crippen LogP contribution < -0.4 is 5.43 Å². The minimum atomic E-state index is -1.76. The molecule has 2 fully saturated rings. The molecule has 0 aliphatic carbocycles. The Labute approximate surface area is 220 Å². The number of fused-ring (bicyclic) bond motifs is 1. The number of hydrogen-bond acceptors (Lipinski definition) is 13. The van der Waals surface area contributed by atoms with Crippen LogP contribution in [0.3, 0.4) is 0 Å². The first-order valence-corrected chi connectivity index (χ1v) is 12.1. The van der Waals surface area contributed by atoms with Gasteiger partial charge in [-0.05, 0) is 31.2 Å². The number of aliphatic hydroxyl groups is 5. The summed E-state index contributed by atoms with van der Waals surface area (Å²) in [7, 11) is 0. The summed E-state index contributed by atoms with van der Waals surface area (Å²) in [4.78, 5) is 13.1. The number of phenolic OH excluding ortho intramolecular Hbond substituents is 3. The molecule has 9 atom stereocenters. The van der Waals surface area contributed by atoms with Gasteiger partial charge in [0.2, 0.25) is 0 Å². The summed E-state index contributed by atoms with van der Waals surface area (Å²) in [5.41, 5.74) is -0.813. The number of ether oxygens (including phenoxy) is 3. The van der Waals surface area contributed by atoms with Gasteiger partial charge in [-0.1, -0.05) is 0 Å². The van der Waals surface area contributed by atoms with Crippen LogP contribution in [0.4, 0.5) is 0 Å². The number of aliphatic hydroxyl groups excluding tert-OH is 5. The Morgan fingerprint density at radius 3 is 2.26 bits per heavy atom. The number of hydrogen-bond donors (Lipinski definition) is 8. The normalized spacial score (nSPS) is 33.3. The van der Waals surface area contributed by atoms with Gasteiger partial charge < -0.3 is 59.5 Å². The van der Waals surface area contributed by atoms with Gasteiger partial charge in [-0.2, -0.15) is 0 Å². The third-order valence-electron chi connectivity index (χ3n) is 7.01. The maximum Gasteiger partial charge on any atom is 0.197 e. The standard InChI is InChI=1S/C26H28O13/c1-9-19(32)21(34)22(35)26(37-9)39-25-20(33)15(31)8-36-24(25)18-13(29)6-12(28)17-14(30)7-16(38-23(17)18)10-2-4-11(27)5-3-10/h2-7,9,15,19-22,24-29,31-35H,8H2,1H3/t9-,15+,19-,20+,21+,22+,24+,25+,26-/m0/s1. The third-order valence-corrected chi connectivity index (χ3v) is 7.01. The van der Waals surface area contributed by atoms with Crippen LogP contribution in [0.25, 0.3) is 22.3 Å². The fraction of sp³-hybridized carbons (Fsp3) is 0.423. The zero-order valence-corrected chi connectivity index (χ0v) is 20.5. The minimum Gasteiger partial charge on any atom is -0.508 e. The second kappa shape index (κ2) is 10.4. The van der Waals surface area contributed by atoms with Crippen LogP contribution in [0, 0.1) is 0 Å². The van der Waals surface area contributed by atoms with E-state index in [1.54, 1.807) is 0 Å². The maximum atomic E-state index is 13.1. The molecule has 8 N–H and O–H groups in total. The molecule has 0 unspecified atom stereocenters. The van der Waals surface area contributed by atoms with Crippen LogP contribution in [0.15, 0.2) is 45.6 Å². The van der Waals surface area contributed by atoms with Crippen LogP contribution in [0.1, 0.15) is 18.6 Å². The van der Waals surface area contributed by atoms with E-state index in [1.165, 1.54) is 31.2 Å². The molecule has 13 heteroatoms. The SMILES string of the molecule is C[C@@H]1O[C@@H](O[C@@H]2[C@H](O)[C@H](O)CO[C@@H]2c2c(O)cc(O)c3c(=O)cc(-c4ccc(O)cc4)oc23)[C@H](O)[C@H](O)[C@H]1O. The molecule has 39 heavy (non-hydrogen) atoms. The van der Waals surface area contributed by atoms with Crippen molar-refractivity contribution in [2.24, 2.45) is 0 Å². The summed E-state index contributed by atoms with van der Waals surface area (Å²) in [5.74, 6) is -1.20. The van der Waals surface area contributed by atoms with E-state index in [0.29, 0.717) is 5.56 Å². The molecule has 3 heterocycles. The van der Waals surface area contributed by atoms with E-state index < -0.39 is 78.7 Å². The summed E-state index contributed by atoms with van der Waals surface area (Å²) >= 11 is 0. The predicted octanol–water partition coefficient (Wildman–Crippen LogP) is -0.417. The van der Waals surface area contributed by atoms with E-state index in [2.05, 4.69) is 0 Å². The van der Waals surface area contributed by atoms with Crippen molar-refractivity contribution in [3.63, 3.8) is 0 Å². The molecule has 2 aliphatic rings. The largest absolute Gasteiger partial charge is 0.508 e. The zero-order chi connectivity index (χ0) is 28.2. The lowest BCUT2D eigenvalue weighted by Gasteiger charge is -2.44. The van der Waals surface area contributed by atoms with E-state index in [9.17, 15) is 45.6 Å². The first kappa shape index (κ1) is 27.3. The Kier molecular flexibility index (Phi) is 7.26. The van der Waals surface area contributed by atoms with Crippen LogP contribution in [0.5, 0.6) is 17.2 Å². The van der Waals surface area contributed by atoms with Crippen LogP contribution >= 0.6 is 0 Å². The van der Waals surface area contributed by atoms with Gasteiger partial charge in [-0.15, -0.1) is 0 Å². The minimum absolute atomic E-state index is 0.0181. The second-order valence-corrected chi connectivity index (χ2v) is 9.65. The van der Waals surface area contributed by atoms with Crippen molar-refractivity contribution in [3.8, 4) is 28.6 Å². The van der Waals surface area contributed by atoms with Crippen molar-refractivity contribution in [2.45, 2.75) is 62.0 Å². The fourth-order valence-corrected chi connectivity index (χ4v) is 4.84. The molecule has 13 nitrogen and oxygen atoms in total. The highest BCUT2D eigenvalue weighted by Crippen LogP contribution is 2.44. The molecule has 2 aromatic carbocycles. The third kappa shape index (κ3) is 4.83. The molecule has 0 spiro atoms. The lowest BCUT2D eigenvalue weighted by molar-refractivity contribution is -0.331. The first-order chi connectivity index (χ1) is 18.5. The van der Waals surface area contributed by atoms with E-state index >= 15 is 0 Å². The molecule has 0 radical (unpaired) electrons. The number of aromatic hydroxyl groups is 3. The van der Waals surface area contributed by atoms with Gasteiger partial charge >= 0.3 is 0 Å². The molecule has 2 aliphatic heterocycles. The monoisotopic (exact) mass is 548 g/mol. The van der Waals surface area contributed by atoms with E-state index in [4.69, 9.17) is 18.6 Å². The topological polar surface area (TPSA) is 220 Å². The Bertz CT molecular complexity index is 1400. The van der Waals surface area contributed by atoms with E-state index in [0.717, 1.165) is 12.1 Å². The average Bonchev–Trinajstić information content (AvgIpc) is 2.89. The highest BCUT2D eigenvalue weighted by molar-refractivity contribution is 5.89. The van der Waals surface area contributed by atoms with Gasteiger partial charge in [0.25, 0.3) is 0 Å². The van der Waals surface area contributed by atoms with Gasteiger partial charge in [0.1, 0.15) is 71.1 Å². The van der Waals surface area contributed by atoms with Gasteiger partial charge in [-0.25, -0.2) is 0 Å². The highest BCUT2D eigenvalue weighted by Gasteiger charge is 2.49. The van der Waals surface area contributed by atoms with E-state index in [-0.39, 0.29) is 28.0 Å². The van der Waals surface area contributed by atoms with Crippen molar-refractivity contribution < 1.29 is 59.5 Å². The van der Waals surface area contributed by atoms with Crippen LogP contribution in [-0.4, -0.2) is 96.5 Å². The summed E-state index contributed by atoms with van der Waals surface area (Å²) in [6.45, 7) is 0.996. The summed E-state index contributed by atoms with van der Waals surface area (Å²) in [5, 5.41) is 82.4. The molecule has 0 saturated carbocycles. The number of rotatable bonds is 4. The quantitative estimate of drug-likeness (QED) is 0.208. The predicted molar refractivity (Wildman–Crippen MR) is 131 cm³/mol. The van der Waals surface area contributed by atoms with Crippen molar-refractivity contribution in [3.05, 3.63) is 52.2 Å². The lowest BCUT2D eigenvalue weighted by atomic mass is 9.91. The van der Waals surface area contributed by atoms with Gasteiger partial charge in [0, 0.05) is 17.7 Å². The average molecular weight is 548 g/mol. The maximum absolute atomic E-state index is 13.1. The Balaban J connectivity index is 1.63. The van der Waals surface area contributed by atoms with Crippen LogP contribution in [-0.2, 0) is 14.2 Å². The number of phenols is 3. The molecule has 210 valence electrons. The Hall–Kier alpha value is -3.27. The molecule has 0 bridgehead atoms. The molecule has 3 aromatic rings. The molecular weight excluding hydrogens is 520 g/mol. The summed E-state index contributed by atoms with van der Waals surface area (Å²) < 4.78 is 22.9. The molecule has 1 aromatic heterocycles. The van der Waals surface area contributed by atoms with E-state index in [1.807, 2.05) is 0 Å². The van der Waals surface area contributed by atoms with Gasteiger partial charge in [-0.3, -0.25) is 4.79 Å². The van der Waals surface area contributed by atoms with Gasteiger partial charge in [0.15, 0.2) is 17.3 Å². The Morgan fingerprint density at radius 2 is 1.56 bits per heavy atom. The molecular formula is C26H28O13. The van der Waals surface area contributed by atoms with Crippen molar-refractivity contribution >= 4 is 11.0 Å². The molecule has 2 saturated heterocycles. The smallest absolute Gasteiger partial charge is 0.197 e. The zero-order valence-electron chi connectivity index (χ0n) is 20.5. The summed E-state index contributed by atoms with van der Waals surface area (Å²) in [6, 6.07) is 7.70. The van der Waals surface area contributed by atoms with Gasteiger partial charge in [0.05, 0.1) is 18.3 Å². The Morgan fingerprint density at radius 1 is 0.872 bits per heavy atom. The van der Waals surface area contributed by atoms with Crippen molar-refractivity contribution in [1.29, 1.82) is 0 Å². The highest BCUT2D eigenvalue weighted by atomic mass is 16.7. The second-order valence-electron chi connectivity index (χ2n) is 9.65.